The summed E-state index contributed by atoms with van der Waals surface area (Å²) in [6, 6.07) is 13.3. The predicted molar refractivity (Wildman–Crippen MR) is 85.2 cm³/mol. The molecule has 1 aliphatic heterocycles. The van der Waals surface area contributed by atoms with Gasteiger partial charge in [-0.05, 0) is 32.0 Å². The molecule has 2 amide bonds. The molecule has 1 N–H and O–H groups in total. The highest BCUT2D eigenvalue weighted by Crippen LogP contribution is 2.18. The van der Waals surface area contributed by atoms with Gasteiger partial charge in [-0.3, -0.25) is 0 Å². The Labute approximate surface area is 129 Å². The van der Waals surface area contributed by atoms with Gasteiger partial charge in [0.05, 0.1) is 13.1 Å². The van der Waals surface area contributed by atoms with E-state index in [-0.39, 0.29) is 12.1 Å². The molecule has 0 radical (unpaired) electrons. The monoisotopic (exact) mass is 297 g/mol. The third kappa shape index (κ3) is 3.36. The zero-order valence-electron chi connectivity index (χ0n) is 12.7. The van der Waals surface area contributed by atoms with Crippen LogP contribution in [0.25, 0.3) is 0 Å². The summed E-state index contributed by atoms with van der Waals surface area (Å²) in [5.74, 6) is 0.614. The van der Waals surface area contributed by atoms with E-state index in [0.717, 1.165) is 11.4 Å². The van der Waals surface area contributed by atoms with Gasteiger partial charge in [0.15, 0.2) is 0 Å². The number of benzene rings is 1. The second-order valence-electron chi connectivity index (χ2n) is 5.56. The molecule has 1 aromatic carbocycles. The van der Waals surface area contributed by atoms with Crippen molar-refractivity contribution >= 4 is 11.7 Å². The summed E-state index contributed by atoms with van der Waals surface area (Å²) in [6.07, 6.45) is 0.0121. The zero-order valence-corrected chi connectivity index (χ0v) is 12.7. The molecule has 2 heterocycles. The number of nitrogens with zero attached hydrogens (tertiary/aromatic N) is 2. The molecule has 3 rings (SSSR count). The van der Waals surface area contributed by atoms with Gasteiger partial charge < -0.3 is 15.0 Å². The van der Waals surface area contributed by atoms with Gasteiger partial charge in [0, 0.05) is 17.4 Å². The number of ether oxygens (including phenoxy) is 1. The van der Waals surface area contributed by atoms with Gasteiger partial charge in [0.1, 0.15) is 6.10 Å². The summed E-state index contributed by atoms with van der Waals surface area (Å²) >= 11 is 0. The Kier molecular flexibility index (Phi) is 3.96. The SMILES string of the molecule is Cc1ccc(NC(=O)N2CC(Oc3cccc(C)n3)C2)cc1. The van der Waals surface area contributed by atoms with Crippen LogP contribution in [0.1, 0.15) is 11.3 Å². The lowest BCUT2D eigenvalue weighted by atomic mass is 10.2. The van der Waals surface area contributed by atoms with Crippen molar-refractivity contribution in [1.82, 2.24) is 9.88 Å². The van der Waals surface area contributed by atoms with Crippen molar-refractivity contribution in [2.24, 2.45) is 0 Å². The first kappa shape index (κ1) is 14.4. The number of hydrogen-bond donors (Lipinski definition) is 1. The fraction of sp³-hybridized carbons (Fsp3) is 0.294. The fourth-order valence-electron chi connectivity index (χ4n) is 2.27. The van der Waals surface area contributed by atoms with Gasteiger partial charge in [-0.1, -0.05) is 23.8 Å². The van der Waals surface area contributed by atoms with Gasteiger partial charge in [-0.15, -0.1) is 0 Å². The Morgan fingerprint density at radius 3 is 2.59 bits per heavy atom. The summed E-state index contributed by atoms with van der Waals surface area (Å²) in [7, 11) is 0. The van der Waals surface area contributed by atoms with Crippen LogP contribution in [0.3, 0.4) is 0 Å². The van der Waals surface area contributed by atoms with E-state index in [9.17, 15) is 4.79 Å². The molecule has 0 aliphatic carbocycles. The van der Waals surface area contributed by atoms with Crippen molar-refractivity contribution in [2.45, 2.75) is 20.0 Å². The molecule has 5 nitrogen and oxygen atoms in total. The van der Waals surface area contributed by atoms with E-state index in [0.29, 0.717) is 19.0 Å². The maximum Gasteiger partial charge on any atom is 0.322 e. The average Bonchev–Trinajstić information content (AvgIpc) is 2.45. The lowest BCUT2D eigenvalue weighted by Gasteiger charge is -2.38. The second-order valence-corrected chi connectivity index (χ2v) is 5.56. The molecule has 22 heavy (non-hydrogen) atoms. The van der Waals surface area contributed by atoms with Gasteiger partial charge in [0.2, 0.25) is 5.88 Å². The Morgan fingerprint density at radius 2 is 1.91 bits per heavy atom. The van der Waals surface area contributed by atoms with Gasteiger partial charge >= 0.3 is 6.03 Å². The summed E-state index contributed by atoms with van der Waals surface area (Å²) < 4.78 is 5.74. The minimum absolute atomic E-state index is 0.0121. The molecule has 0 spiro atoms. The van der Waals surface area contributed by atoms with Crippen LogP contribution in [0.15, 0.2) is 42.5 Å². The number of amides is 2. The Hall–Kier alpha value is -2.56. The van der Waals surface area contributed by atoms with Crippen molar-refractivity contribution in [1.29, 1.82) is 0 Å². The minimum atomic E-state index is -0.0964. The molecule has 1 aromatic heterocycles. The average molecular weight is 297 g/mol. The molecule has 114 valence electrons. The van der Waals surface area contributed by atoms with E-state index in [1.807, 2.05) is 56.3 Å². The van der Waals surface area contributed by atoms with E-state index in [4.69, 9.17) is 4.74 Å². The largest absolute Gasteiger partial charge is 0.471 e. The number of aromatic nitrogens is 1. The van der Waals surface area contributed by atoms with Crippen LogP contribution in [-0.2, 0) is 0 Å². The number of rotatable bonds is 3. The quantitative estimate of drug-likeness (QED) is 0.947. The molecule has 1 saturated heterocycles. The number of likely N-dealkylation sites (tertiary alicyclic amines) is 1. The van der Waals surface area contributed by atoms with E-state index in [2.05, 4.69) is 10.3 Å². The number of aryl methyl sites for hydroxylation is 2. The number of hydrogen-bond acceptors (Lipinski definition) is 3. The highest BCUT2D eigenvalue weighted by Gasteiger charge is 2.32. The molecule has 0 bridgehead atoms. The fourth-order valence-corrected chi connectivity index (χ4v) is 2.27. The third-order valence-electron chi connectivity index (χ3n) is 3.59. The van der Waals surface area contributed by atoms with E-state index in [1.54, 1.807) is 4.90 Å². The maximum absolute atomic E-state index is 12.1. The predicted octanol–water partition coefficient (Wildman–Crippen LogP) is 2.99. The standard InChI is InChI=1S/C17H19N3O2/c1-12-6-8-14(9-7-12)19-17(21)20-10-15(11-20)22-16-5-3-4-13(2)18-16/h3-9,15H,10-11H2,1-2H3,(H,19,21). The molecule has 1 fully saturated rings. The lowest BCUT2D eigenvalue weighted by Crippen LogP contribution is -2.57. The number of anilines is 1. The smallest absolute Gasteiger partial charge is 0.322 e. The number of carbonyl (C=O) groups is 1. The first-order valence-corrected chi connectivity index (χ1v) is 7.33. The van der Waals surface area contributed by atoms with E-state index < -0.39 is 0 Å². The Bertz CT molecular complexity index is 664. The highest BCUT2D eigenvalue weighted by atomic mass is 16.5. The van der Waals surface area contributed by atoms with Crippen molar-refractivity contribution in [3.8, 4) is 5.88 Å². The normalized spacial score (nSPS) is 14.4. The van der Waals surface area contributed by atoms with Crippen molar-refractivity contribution in [3.05, 3.63) is 53.7 Å². The summed E-state index contributed by atoms with van der Waals surface area (Å²) in [5, 5.41) is 2.88. The first-order chi connectivity index (χ1) is 10.6. The third-order valence-corrected chi connectivity index (χ3v) is 3.59. The zero-order chi connectivity index (χ0) is 15.5. The van der Waals surface area contributed by atoms with Crippen LogP contribution >= 0.6 is 0 Å². The summed E-state index contributed by atoms with van der Waals surface area (Å²) in [6.45, 7) is 5.10. The van der Waals surface area contributed by atoms with Crippen LogP contribution in [0.4, 0.5) is 10.5 Å². The van der Waals surface area contributed by atoms with Gasteiger partial charge in [-0.2, -0.15) is 0 Å². The molecule has 1 aliphatic rings. The van der Waals surface area contributed by atoms with E-state index in [1.165, 1.54) is 5.56 Å². The van der Waals surface area contributed by atoms with Crippen LogP contribution in [-0.4, -0.2) is 35.1 Å². The molecular weight excluding hydrogens is 278 g/mol. The number of pyridine rings is 1. The first-order valence-electron chi connectivity index (χ1n) is 7.33. The highest BCUT2D eigenvalue weighted by molar-refractivity contribution is 5.89. The minimum Gasteiger partial charge on any atom is -0.471 e. The number of urea groups is 1. The van der Waals surface area contributed by atoms with Gasteiger partial charge in [-0.25, -0.2) is 9.78 Å². The summed E-state index contributed by atoms with van der Waals surface area (Å²) in [4.78, 5) is 18.1. The lowest BCUT2D eigenvalue weighted by molar-refractivity contribution is 0.0460. The van der Waals surface area contributed by atoms with Crippen molar-refractivity contribution in [3.63, 3.8) is 0 Å². The molecular formula is C17H19N3O2. The Balaban J connectivity index is 1.48. The van der Waals surface area contributed by atoms with Gasteiger partial charge in [0.25, 0.3) is 0 Å². The maximum atomic E-state index is 12.1. The van der Waals surface area contributed by atoms with Crippen molar-refractivity contribution < 1.29 is 9.53 Å². The van der Waals surface area contributed by atoms with Crippen LogP contribution in [0.2, 0.25) is 0 Å². The van der Waals surface area contributed by atoms with Crippen molar-refractivity contribution in [2.75, 3.05) is 18.4 Å². The Morgan fingerprint density at radius 1 is 1.18 bits per heavy atom. The molecule has 0 atom stereocenters. The second kappa shape index (κ2) is 6.05. The van der Waals surface area contributed by atoms with Crippen LogP contribution in [0, 0.1) is 13.8 Å². The molecule has 0 saturated carbocycles. The molecule has 2 aromatic rings. The van der Waals surface area contributed by atoms with Crippen LogP contribution in [0.5, 0.6) is 5.88 Å². The summed E-state index contributed by atoms with van der Waals surface area (Å²) in [5.41, 5.74) is 2.90. The number of nitrogens with one attached hydrogen (secondary N) is 1. The van der Waals surface area contributed by atoms with E-state index >= 15 is 0 Å². The number of carbonyl (C=O) groups excluding carboxylic acids is 1. The topological polar surface area (TPSA) is 54.5 Å². The molecule has 5 heteroatoms. The molecule has 0 unspecified atom stereocenters. The van der Waals surface area contributed by atoms with Crippen LogP contribution < -0.4 is 10.1 Å².